The summed E-state index contributed by atoms with van der Waals surface area (Å²) in [6, 6.07) is 8.14. The molecule has 3 rings (SSSR count). The quantitative estimate of drug-likeness (QED) is 0.838. The standard InChI is InChI=1S/C13H12ClN3S/c1-17-6-2-4-11(17)9-8-10(16-13(14)15-9)12-5-3-7-18-12/h2-9H,1H3,(H,15,16). The van der Waals surface area contributed by atoms with Gasteiger partial charge in [0, 0.05) is 18.9 Å². The van der Waals surface area contributed by atoms with Crippen LogP contribution in [0.15, 0.2) is 46.9 Å². The van der Waals surface area contributed by atoms with Gasteiger partial charge in [0.25, 0.3) is 0 Å². The molecule has 0 saturated heterocycles. The number of rotatable bonds is 2. The Kier molecular flexibility index (Phi) is 2.97. The molecular weight excluding hydrogens is 266 g/mol. The van der Waals surface area contributed by atoms with Gasteiger partial charge in [-0.3, -0.25) is 0 Å². The van der Waals surface area contributed by atoms with Crippen molar-refractivity contribution in [2.24, 2.45) is 12.0 Å². The van der Waals surface area contributed by atoms with Gasteiger partial charge >= 0.3 is 0 Å². The van der Waals surface area contributed by atoms with Crippen molar-refractivity contribution in [3.63, 3.8) is 0 Å². The topological polar surface area (TPSA) is 29.3 Å². The number of hydrogen-bond donors (Lipinski definition) is 1. The average molecular weight is 278 g/mol. The van der Waals surface area contributed by atoms with Crippen LogP contribution in [0, 0.1) is 0 Å². The number of nitrogens with zero attached hydrogens (tertiary/aromatic N) is 2. The fraction of sp³-hybridized carbons (Fsp3) is 0.154. The molecule has 1 atom stereocenters. The molecule has 1 aliphatic rings. The summed E-state index contributed by atoms with van der Waals surface area (Å²) >= 11 is 7.77. The first kappa shape index (κ1) is 11.6. The van der Waals surface area contributed by atoms with E-state index in [9.17, 15) is 0 Å². The monoisotopic (exact) mass is 277 g/mol. The fourth-order valence-electron chi connectivity index (χ4n) is 2.01. The summed E-state index contributed by atoms with van der Waals surface area (Å²) in [5.41, 5.74) is 2.15. The first-order valence-corrected chi connectivity index (χ1v) is 6.87. The van der Waals surface area contributed by atoms with Crippen molar-refractivity contribution >= 4 is 33.9 Å². The zero-order chi connectivity index (χ0) is 12.5. The van der Waals surface area contributed by atoms with E-state index in [1.807, 2.05) is 25.4 Å². The molecule has 1 N–H and O–H groups in total. The lowest BCUT2D eigenvalue weighted by Crippen LogP contribution is -2.22. The largest absolute Gasteiger partial charge is 0.352 e. The SMILES string of the molecule is Cn1cccc1C1C=C(c2cccs2)NC(Cl)=N1. The van der Waals surface area contributed by atoms with Crippen LogP contribution < -0.4 is 5.32 Å². The van der Waals surface area contributed by atoms with Gasteiger partial charge in [-0.1, -0.05) is 6.07 Å². The number of aromatic nitrogens is 1. The summed E-state index contributed by atoms with van der Waals surface area (Å²) < 4.78 is 2.06. The summed E-state index contributed by atoms with van der Waals surface area (Å²) in [7, 11) is 2.01. The molecule has 0 aromatic carbocycles. The van der Waals surface area contributed by atoms with Gasteiger partial charge in [0.2, 0.25) is 0 Å². The van der Waals surface area contributed by atoms with E-state index in [0.717, 1.165) is 11.4 Å². The normalized spacial score (nSPS) is 19.1. The molecule has 0 bridgehead atoms. The number of thiophene rings is 1. The highest BCUT2D eigenvalue weighted by molar-refractivity contribution is 7.11. The van der Waals surface area contributed by atoms with E-state index in [0.29, 0.717) is 5.29 Å². The van der Waals surface area contributed by atoms with Crippen LogP contribution in [0.4, 0.5) is 0 Å². The second-order valence-electron chi connectivity index (χ2n) is 4.09. The van der Waals surface area contributed by atoms with Crippen LogP contribution in [0.3, 0.4) is 0 Å². The highest BCUT2D eigenvalue weighted by atomic mass is 35.5. The first-order valence-electron chi connectivity index (χ1n) is 5.61. The Labute approximate surface area is 114 Å². The first-order chi connectivity index (χ1) is 8.74. The minimum atomic E-state index is -0.0316. The van der Waals surface area contributed by atoms with E-state index in [1.165, 1.54) is 4.88 Å². The summed E-state index contributed by atoms with van der Waals surface area (Å²) in [5.74, 6) is 0. The second-order valence-corrected chi connectivity index (χ2v) is 5.40. The molecule has 0 amide bonds. The number of amidine groups is 1. The Morgan fingerprint density at radius 2 is 2.28 bits per heavy atom. The van der Waals surface area contributed by atoms with Gasteiger partial charge in [-0.15, -0.1) is 11.3 Å². The van der Waals surface area contributed by atoms with Gasteiger partial charge in [0.15, 0.2) is 5.29 Å². The molecule has 0 fully saturated rings. The van der Waals surface area contributed by atoms with Crippen molar-refractivity contribution in [3.8, 4) is 0 Å². The summed E-state index contributed by atoms with van der Waals surface area (Å²) in [5, 5.41) is 5.60. The molecule has 3 nitrogen and oxygen atoms in total. The lowest BCUT2D eigenvalue weighted by Gasteiger charge is -2.19. The molecular formula is C13H12ClN3S. The highest BCUT2D eigenvalue weighted by Crippen LogP contribution is 2.29. The van der Waals surface area contributed by atoms with Gasteiger partial charge in [-0.2, -0.15) is 0 Å². The van der Waals surface area contributed by atoms with E-state index in [1.54, 1.807) is 11.3 Å². The van der Waals surface area contributed by atoms with Crippen LogP contribution in [0.25, 0.3) is 5.70 Å². The smallest absolute Gasteiger partial charge is 0.196 e. The highest BCUT2D eigenvalue weighted by Gasteiger charge is 2.18. The lowest BCUT2D eigenvalue weighted by molar-refractivity contribution is 0.759. The summed E-state index contributed by atoms with van der Waals surface area (Å²) in [6.07, 6.45) is 4.12. The van der Waals surface area contributed by atoms with Gasteiger partial charge in [0.05, 0.1) is 10.6 Å². The second kappa shape index (κ2) is 4.63. The molecule has 0 saturated carbocycles. The van der Waals surface area contributed by atoms with Crippen molar-refractivity contribution in [1.82, 2.24) is 9.88 Å². The number of aliphatic imine (C=N–C) groups is 1. The molecule has 2 aromatic heterocycles. The van der Waals surface area contributed by atoms with Crippen LogP contribution in [0.5, 0.6) is 0 Å². The van der Waals surface area contributed by atoms with Crippen LogP contribution in [0.2, 0.25) is 0 Å². The Balaban J connectivity index is 2.00. The Morgan fingerprint density at radius 1 is 1.39 bits per heavy atom. The lowest BCUT2D eigenvalue weighted by atomic mass is 10.1. The van der Waals surface area contributed by atoms with Crippen molar-refractivity contribution in [2.75, 3.05) is 0 Å². The van der Waals surface area contributed by atoms with Crippen molar-refractivity contribution in [3.05, 3.63) is 52.5 Å². The predicted octanol–water partition coefficient (Wildman–Crippen LogP) is 3.37. The Hall–Kier alpha value is -1.52. The zero-order valence-corrected chi connectivity index (χ0v) is 11.4. The van der Waals surface area contributed by atoms with E-state index >= 15 is 0 Å². The molecule has 18 heavy (non-hydrogen) atoms. The molecule has 0 radical (unpaired) electrons. The predicted molar refractivity (Wildman–Crippen MR) is 76.9 cm³/mol. The third-order valence-corrected chi connectivity index (χ3v) is 3.98. The van der Waals surface area contributed by atoms with Crippen molar-refractivity contribution in [1.29, 1.82) is 0 Å². The van der Waals surface area contributed by atoms with Crippen molar-refractivity contribution < 1.29 is 0 Å². The third-order valence-electron chi connectivity index (χ3n) is 2.89. The maximum absolute atomic E-state index is 6.09. The van der Waals surface area contributed by atoms with Gasteiger partial charge in [0.1, 0.15) is 6.04 Å². The molecule has 0 spiro atoms. The maximum Gasteiger partial charge on any atom is 0.196 e. The number of hydrogen-bond acceptors (Lipinski definition) is 3. The molecule has 2 aromatic rings. The van der Waals surface area contributed by atoms with Gasteiger partial charge < -0.3 is 9.88 Å². The number of nitrogens with one attached hydrogen (secondary N) is 1. The fourth-order valence-corrected chi connectivity index (χ4v) is 2.92. The number of aryl methyl sites for hydroxylation is 1. The van der Waals surface area contributed by atoms with Crippen LogP contribution in [-0.2, 0) is 7.05 Å². The van der Waals surface area contributed by atoms with Crippen molar-refractivity contribution in [2.45, 2.75) is 6.04 Å². The summed E-state index contributed by atoms with van der Waals surface area (Å²) in [4.78, 5) is 5.59. The minimum absolute atomic E-state index is 0.0316. The van der Waals surface area contributed by atoms with Crippen LogP contribution in [-0.4, -0.2) is 9.86 Å². The van der Waals surface area contributed by atoms with Gasteiger partial charge in [-0.25, -0.2) is 4.99 Å². The number of halogens is 1. The molecule has 1 unspecified atom stereocenters. The molecule has 92 valence electrons. The molecule has 3 heterocycles. The summed E-state index contributed by atoms with van der Waals surface area (Å²) in [6.45, 7) is 0. The van der Waals surface area contributed by atoms with E-state index in [4.69, 9.17) is 11.6 Å². The average Bonchev–Trinajstić information content (AvgIpc) is 2.98. The Bertz CT molecular complexity index is 610. The van der Waals surface area contributed by atoms with Crippen LogP contribution in [0.1, 0.15) is 16.6 Å². The maximum atomic E-state index is 6.09. The Morgan fingerprint density at radius 3 is 2.94 bits per heavy atom. The zero-order valence-electron chi connectivity index (χ0n) is 9.80. The van der Waals surface area contributed by atoms with E-state index in [-0.39, 0.29) is 6.04 Å². The third kappa shape index (κ3) is 2.09. The molecule has 1 aliphatic heterocycles. The molecule has 0 aliphatic carbocycles. The minimum Gasteiger partial charge on any atom is -0.352 e. The van der Waals surface area contributed by atoms with Gasteiger partial charge in [-0.05, 0) is 41.3 Å². The molecule has 5 heteroatoms. The van der Waals surface area contributed by atoms with Crippen LogP contribution >= 0.6 is 22.9 Å². The van der Waals surface area contributed by atoms with E-state index in [2.05, 4.69) is 38.5 Å². The van der Waals surface area contributed by atoms with E-state index < -0.39 is 0 Å².